The van der Waals surface area contributed by atoms with Gasteiger partial charge in [-0.3, -0.25) is 4.98 Å². The first kappa shape index (κ1) is 16.9. The number of hydrogen-bond donors (Lipinski definition) is 0. The van der Waals surface area contributed by atoms with Gasteiger partial charge in [0.15, 0.2) is 5.75 Å². The quantitative estimate of drug-likeness (QED) is 0.431. The fraction of sp³-hybridized carbons (Fsp3) is 0.400. The van der Waals surface area contributed by atoms with Crippen LogP contribution in [0.3, 0.4) is 0 Å². The van der Waals surface area contributed by atoms with Crippen molar-refractivity contribution in [1.82, 2.24) is 4.98 Å². The van der Waals surface area contributed by atoms with E-state index < -0.39 is 39.3 Å². The predicted octanol–water partition coefficient (Wildman–Crippen LogP) is 3.70. The molecule has 1 aromatic heterocycles. The molecule has 0 atom stereocenters. The Morgan fingerprint density at radius 3 is 2.50 bits per heavy atom. The zero-order valence-electron chi connectivity index (χ0n) is 9.80. The van der Waals surface area contributed by atoms with Crippen LogP contribution in [0.1, 0.15) is 29.4 Å². The van der Waals surface area contributed by atoms with E-state index in [1.165, 1.54) is 29.5 Å². The summed E-state index contributed by atoms with van der Waals surface area (Å²) in [5.41, 5.74) is -1.54. The molecule has 0 N–H and O–H groups in total. The fourth-order valence-electron chi connectivity index (χ4n) is 1.23. The molecule has 1 heterocycles. The zero-order valence-corrected chi connectivity index (χ0v) is 12.0. The van der Waals surface area contributed by atoms with Crippen LogP contribution in [-0.4, -0.2) is 23.9 Å². The van der Waals surface area contributed by atoms with Crippen LogP contribution in [-0.2, 0) is 4.74 Å². The van der Waals surface area contributed by atoms with Crippen LogP contribution in [0, 0.1) is 3.57 Å². The zero-order chi connectivity index (χ0) is 15.5. The number of pyridine rings is 1. The van der Waals surface area contributed by atoms with Crippen LogP contribution in [0.4, 0.5) is 22.0 Å². The Bertz CT molecular complexity index is 506. The van der Waals surface area contributed by atoms with E-state index in [2.05, 4.69) is 14.5 Å². The fourth-order valence-corrected chi connectivity index (χ4v) is 2.09. The van der Waals surface area contributed by atoms with Gasteiger partial charge < -0.3 is 9.47 Å². The molecule has 4 nitrogen and oxygen atoms in total. The Hall–Kier alpha value is -1.20. The van der Waals surface area contributed by atoms with Gasteiger partial charge in [-0.25, -0.2) is 13.6 Å². The summed E-state index contributed by atoms with van der Waals surface area (Å²) in [6, 6.07) is 0. The standard InChI is InChI=1S/C10H7F5INO3/c1-2-19-9(18)5-4(20-10(13,14)15)3-17-7(6(5)16)8(11)12/h3,8H,2H2,1H3. The Morgan fingerprint density at radius 2 is 2.05 bits per heavy atom. The van der Waals surface area contributed by atoms with E-state index in [1.54, 1.807) is 0 Å². The van der Waals surface area contributed by atoms with E-state index in [-0.39, 0.29) is 6.61 Å². The van der Waals surface area contributed by atoms with E-state index in [9.17, 15) is 26.7 Å². The summed E-state index contributed by atoms with van der Waals surface area (Å²) in [5.74, 6) is -2.18. The number of halogens is 6. The molecule has 0 fully saturated rings. The van der Waals surface area contributed by atoms with Gasteiger partial charge in [-0.1, -0.05) is 0 Å². The lowest BCUT2D eigenvalue weighted by molar-refractivity contribution is -0.274. The van der Waals surface area contributed by atoms with Crippen LogP contribution >= 0.6 is 22.6 Å². The minimum atomic E-state index is -5.08. The molecule has 0 saturated carbocycles. The average Bonchev–Trinajstić information content (AvgIpc) is 2.26. The Morgan fingerprint density at radius 1 is 1.45 bits per heavy atom. The van der Waals surface area contributed by atoms with E-state index in [4.69, 9.17) is 0 Å². The Labute approximate surface area is 123 Å². The lowest BCUT2D eigenvalue weighted by Crippen LogP contribution is -2.21. The predicted molar refractivity (Wildman–Crippen MR) is 64.6 cm³/mol. The number of nitrogens with zero attached hydrogens (tertiary/aromatic N) is 1. The monoisotopic (exact) mass is 411 g/mol. The molecule has 112 valence electrons. The molecule has 0 unspecified atom stereocenters. The van der Waals surface area contributed by atoms with E-state index in [1.807, 2.05) is 0 Å². The second-order valence-electron chi connectivity index (χ2n) is 3.27. The molecule has 0 saturated heterocycles. The highest BCUT2D eigenvalue weighted by Crippen LogP contribution is 2.33. The molecule has 1 aromatic rings. The van der Waals surface area contributed by atoms with Gasteiger partial charge in [0, 0.05) is 0 Å². The van der Waals surface area contributed by atoms with Crippen molar-refractivity contribution in [2.45, 2.75) is 19.7 Å². The smallest absolute Gasteiger partial charge is 0.462 e. The molecule has 0 aliphatic rings. The van der Waals surface area contributed by atoms with Crippen molar-refractivity contribution in [1.29, 1.82) is 0 Å². The Balaban J connectivity index is 3.37. The molecule has 20 heavy (non-hydrogen) atoms. The second-order valence-corrected chi connectivity index (χ2v) is 4.34. The molecule has 0 aliphatic carbocycles. The number of rotatable bonds is 4. The van der Waals surface area contributed by atoms with Crippen LogP contribution in [0.5, 0.6) is 5.75 Å². The summed E-state index contributed by atoms with van der Waals surface area (Å²) in [6.45, 7) is 1.29. The lowest BCUT2D eigenvalue weighted by Gasteiger charge is -2.15. The van der Waals surface area contributed by atoms with Crippen LogP contribution < -0.4 is 4.74 Å². The number of aromatic nitrogens is 1. The normalized spacial score (nSPS) is 11.6. The van der Waals surface area contributed by atoms with Gasteiger partial charge in [-0.15, -0.1) is 13.2 Å². The summed E-state index contributed by atoms with van der Waals surface area (Å²) in [7, 11) is 0. The van der Waals surface area contributed by atoms with E-state index in [0.29, 0.717) is 6.20 Å². The summed E-state index contributed by atoms with van der Waals surface area (Å²) in [5, 5.41) is 0. The van der Waals surface area contributed by atoms with Gasteiger partial charge >= 0.3 is 12.3 Å². The highest BCUT2D eigenvalue weighted by molar-refractivity contribution is 14.1. The molecule has 0 aromatic carbocycles. The molecule has 10 heteroatoms. The van der Waals surface area contributed by atoms with Gasteiger partial charge in [0.25, 0.3) is 6.43 Å². The molecule has 1 rings (SSSR count). The highest BCUT2D eigenvalue weighted by atomic mass is 127. The van der Waals surface area contributed by atoms with Crippen molar-refractivity contribution in [2.75, 3.05) is 6.61 Å². The van der Waals surface area contributed by atoms with Gasteiger partial charge in [0.05, 0.1) is 16.4 Å². The molecular formula is C10H7F5INO3. The third-order valence-electron chi connectivity index (χ3n) is 1.92. The third-order valence-corrected chi connectivity index (χ3v) is 3.02. The van der Waals surface area contributed by atoms with E-state index in [0.717, 1.165) is 0 Å². The minimum absolute atomic E-state index is 0.132. The number of carbonyl (C=O) groups is 1. The maximum atomic E-state index is 12.6. The minimum Gasteiger partial charge on any atom is -0.462 e. The summed E-state index contributed by atoms with van der Waals surface area (Å²) < 4.78 is 69.6. The van der Waals surface area contributed by atoms with Gasteiger partial charge in [0.2, 0.25) is 0 Å². The molecule has 0 amide bonds. The first-order valence-corrected chi connectivity index (χ1v) is 6.14. The van der Waals surface area contributed by atoms with Gasteiger partial charge in [-0.05, 0) is 29.5 Å². The molecule has 0 spiro atoms. The van der Waals surface area contributed by atoms with Crippen molar-refractivity contribution in [2.24, 2.45) is 0 Å². The van der Waals surface area contributed by atoms with Crippen LogP contribution in [0.15, 0.2) is 6.20 Å². The molecule has 0 aliphatic heterocycles. The first-order chi connectivity index (χ1) is 9.17. The van der Waals surface area contributed by atoms with Crippen molar-refractivity contribution in [3.8, 4) is 5.75 Å². The molecular weight excluding hydrogens is 404 g/mol. The number of hydrogen-bond acceptors (Lipinski definition) is 4. The summed E-state index contributed by atoms with van der Waals surface area (Å²) in [6.07, 6.45) is -7.71. The first-order valence-electron chi connectivity index (χ1n) is 5.06. The van der Waals surface area contributed by atoms with Crippen LogP contribution in [0.2, 0.25) is 0 Å². The van der Waals surface area contributed by atoms with E-state index >= 15 is 0 Å². The van der Waals surface area contributed by atoms with Gasteiger partial charge in [0.1, 0.15) is 11.3 Å². The van der Waals surface area contributed by atoms with Crippen LogP contribution in [0.25, 0.3) is 0 Å². The second kappa shape index (κ2) is 6.50. The maximum absolute atomic E-state index is 12.6. The van der Waals surface area contributed by atoms with Crippen molar-refractivity contribution in [3.05, 3.63) is 21.0 Å². The summed E-state index contributed by atoms with van der Waals surface area (Å²) >= 11 is 1.30. The maximum Gasteiger partial charge on any atom is 0.573 e. The van der Waals surface area contributed by atoms with Gasteiger partial charge in [-0.2, -0.15) is 0 Å². The number of carbonyl (C=O) groups excluding carboxylic acids is 1. The third kappa shape index (κ3) is 4.15. The van der Waals surface area contributed by atoms with Crippen molar-refractivity contribution in [3.63, 3.8) is 0 Å². The number of alkyl halides is 5. The SMILES string of the molecule is CCOC(=O)c1c(OC(F)(F)F)cnc(C(F)F)c1I. The number of ether oxygens (including phenoxy) is 2. The lowest BCUT2D eigenvalue weighted by atomic mass is 10.2. The van der Waals surface area contributed by atoms with Crippen molar-refractivity contribution < 1.29 is 36.2 Å². The highest BCUT2D eigenvalue weighted by Gasteiger charge is 2.35. The topological polar surface area (TPSA) is 48.4 Å². The molecule has 0 bridgehead atoms. The molecule has 0 radical (unpaired) electrons. The largest absolute Gasteiger partial charge is 0.573 e. The van der Waals surface area contributed by atoms with Crippen molar-refractivity contribution >= 4 is 28.6 Å². The number of esters is 1. The summed E-state index contributed by atoms with van der Waals surface area (Å²) in [4.78, 5) is 14.8. The average molecular weight is 411 g/mol. The Kier molecular flexibility index (Phi) is 5.48.